The van der Waals surface area contributed by atoms with Gasteiger partial charge in [-0.3, -0.25) is 4.79 Å². The molecule has 0 atom stereocenters. The molecule has 7 heteroatoms. The number of halogens is 3. The van der Waals surface area contributed by atoms with Crippen molar-refractivity contribution in [1.82, 2.24) is 4.98 Å². The van der Waals surface area contributed by atoms with Crippen LogP contribution >= 0.6 is 34.8 Å². The number of hydrogen-bond acceptors (Lipinski definition) is 3. The molecule has 3 N–H and O–H groups in total. The third-order valence-electron chi connectivity index (χ3n) is 2.32. The van der Waals surface area contributed by atoms with Crippen molar-refractivity contribution in [1.29, 1.82) is 0 Å². The van der Waals surface area contributed by atoms with Crippen LogP contribution in [0.15, 0.2) is 30.5 Å². The van der Waals surface area contributed by atoms with E-state index in [4.69, 9.17) is 40.5 Å². The average Bonchev–Trinajstić information content (AvgIpc) is 2.36. The monoisotopic (exact) mass is 315 g/mol. The van der Waals surface area contributed by atoms with E-state index in [1.54, 1.807) is 18.2 Å². The summed E-state index contributed by atoms with van der Waals surface area (Å²) in [6.45, 7) is 0. The van der Waals surface area contributed by atoms with E-state index in [1.807, 2.05) is 0 Å². The zero-order chi connectivity index (χ0) is 14.0. The van der Waals surface area contributed by atoms with Crippen molar-refractivity contribution in [3.63, 3.8) is 0 Å². The molecule has 19 heavy (non-hydrogen) atoms. The van der Waals surface area contributed by atoms with Crippen LogP contribution in [-0.2, 0) is 0 Å². The number of rotatable bonds is 2. The second-order valence-corrected chi connectivity index (χ2v) is 4.88. The molecule has 0 fully saturated rings. The number of nitrogens with one attached hydrogen (secondary N) is 1. The normalized spacial score (nSPS) is 10.3. The molecule has 4 nitrogen and oxygen atoms in total. The van der Waals surface area contributed by atoms with E-state index in [0.29, 0.717) is 15.7 Å². The predicted octanol–water partition coefficient (Wildman–Crippen LogP) is 3.88. The number of hydrogen-bond donors (Lipinski definition) is 2. The fourth-order valence-corrected chi connectivity index (χ4v) is 1.87. The topological polar surface area (TPSA) is 68.0 Å². The lowest BCUT2D eigenvalue weighted by Gasteiger charge is -2.08. The van der Waals surface area contributed by atoms with Crippen LogP contribution in [0.5, 0.6) is 0 Å². The molecule has 1 aromatic heterocycles. The van der Waals surface area contributed by atoms with Crippen LogP contribution in [0.2, 0.25) is 15.2 Å². The van der Waals surface area contributed by atoms with Crippen molar-refractivity contribution in [3.05, 3.63) is 51.2 Å². The minimum atomic E-state index is -0.403. The Kier molecular flexibility index (Phi) is 4.14. The van der Waals surface area contributed by atoms with Crippen LogP contribution in [0.25, 0.3) is 0 Å². The summed E-state index contributed by atoms with van der Waals surface area (Å²) in [5.41, 5.74) is 6.65. The molecule has 0 spiro atoms. The Morgan fingerprint density at radius 2 is 1.89 bits per heavy atom. The second-order valence-electron chi connectivity index (χ2n) is 3.68. The smallest absolute Gasteiger partial charge is 0.257 e. The summed E-state index contributed by atoms with van der Waals surface area (Å²) in [6.07, 6.45) is 1.33. The number of nitrogen functional groups attached to an aromatic ring is 1. The summed E-state index contributed by atoms with van der Waals surface area (Å²) in [4.78, 5) is 15.8. The van der Waals surface area contributed by atoms with E-state index < -0.39 is 5.91 Å². The minimum Gasteiger partial charge on any atom is -0.397 e. The molecular weight excluding hydrogens is 309 g/mol. The molecule has 2 aromatic rings. The van der Waals surface area contributed by atoms with Gasteiger partial charge in [-0.25, -0.2) is 4.98 Å². The molecule has 0 aliphatic heterocycles. The number of amides is 1. The third kappa shape index (κ3) is 3.29. The van der Waals surface area contributed by atoms with Crippen LogP contribution in [0, 0.1) is 0 Å². The Bertz CT molecular complexity index is 646. The maximum atomic E-state index is 12.0. The molecule has 98 valence electrons. The highest BCUT2D eigenvalue weighted by Gasteiger charge is 2.12. The van der Waals surface area contributed by atoms with Gasteiger partial charge < -0.3 is 11.1 Å². The summed E-state index contributed by atoms with van der Waals surface area (Å²) in [5.74, 6) is -0.403. The van der Waals surface area contributed by atoms with Crippen LogP contribution in [0.3, 0.4) is 0 Å². The average molecular weight is 317 g/mol. The predicted molar refractivity (Wildman–Crippen MR) is 78.1 cm³/mol. The highest BCUT2D eigenvalue weighted by Crippen LogP contribution is 2.25. The lowest BCUT2D eigenvalue weighted by atomic mass is 10.2. The van der Waals surface area contributed by atoms with Gasteiger partial charge in [0, 0.05) is 5.69 Å². The molecule has 0 bridgehead atoms. The number of anilines is 2. The van der Waals surface area contributed by atoms with E-state index in [9.17, 15) is 4.79 Å². The van der Waals surface area contributed by atoms with Crippen molar-refractivity contribution < 1.29 is 4.79 Å². The Balaban J connectivity index is 2.25. The summed E-state index contributed by atoms with van der Waals surface area (Å²) in [6, 6.07) is 6.15. The van der Waals surface area contributed by atoms with Gasteiger partial charge in [0.25, 0.3) is 5.91 Å². The van der Waals surface area contributed by atoms with Crippen LogP contribution in [0.4, 0.5) is 11.4 Å². The highest BCUT2D eigenvalue weighted by atomic mass is 35.5. The van der Waals surface area contributed by atoms with Crippen molar-refractivity contribution in [3.8, 4) is 0 Å². The van der Waals surface area contributed by atoms with E-state index >= 15 is 0 Å². The van der Waals surface area contributed by atoms with Crippen molar-refractivity contribution >= 4 is 52.1 Å². The summed E-state index contributed by atoms with van der Waals surface area (Å²) in [7, 11) is 0. The molecule has 1 amide bonds. The van der Waals surface area contributed by atoms with Gasteiger partial charge in [0.1, 0.15) is 5.15 Å². The maximum absolute atomic E-state index is 12.0. The molecule has 0 aliphatic rings. The lowest BCUT2D eigenvalue weighted by Crippen LogP contribution is -2.14. The summed E-state index contributed by atoms with van der Waals surface area (Å²) >= 11 is 17.4. The first-order valence-corrected chi connectivity index (χ1v) is 6.28. The number of carbonyl (C=O) groups is 1. The zero-order valence-corrected chi connectivity index (χ0v) is 11.7. The molecule has 2 rings (SSSR count). The van der Waals surface area contributed by atoms with E-state index in [1.165, 1.54) is 12.3 Å². The van der Waals surface area contributed by atoms with Gasteiger partial charge in [0.15, 0.2) is 0 Å². The number of benzene rings is 1. The minimum absolute atomic E-state index is 0.188. The van der Waals surface area contributed by atoms with Crippen LogP contribution < -0.4 is 11.1 Å². The largest absolute Gasteiger partial charge is 0.397 e. The van der Waals surface area contributed by atoms with Gasteiger partial charge in [0.05, 0.1) is 27.5 Å². The molecular formula is C12H8Cl3N3O. The van der Waals surface area contributed by atoms with E-state index in [2.05, 4.69) is 10.3 Å². The second kappa shape index (κ2) is 5.65. The molecule has 0 saturated carbocycles. The van der Waals surface area contributed by atoms with Gasteiger partial charge in [-0.15, -0.1) is 0 Å². The highest BCUT2D eigenvalue weighted by molar-refractivity contribution is 6.42. The van der Waals surface area contributed by atoms with Gasteiger partial charge >= 0.3 is 0 Å². The van der Waals surface area contributed by atoms with Crippen LogP contribution in [0.1, 0.15) is 10.4 Å². The fraction of sp³-hybridized carbons (Fsp3) is 0. The van der Waals surface area contributed by atoms with Crippen molar-refractivity contribution in [2.45, 2.75) is 0 Å². The van der Waals surface area contributed by atoms with E-state index in [0.717, 1.165) is 0 Å². The lowest BCUT2D eigenvalue weighted by molar-refractivity contribution is 0.102. The standard InChI is InChI=1S/C12H8Cl3N3O/c13-8-2-1-6(3-9(8)14)18-12(19)7-4-11(15)17-5-10(7)16/h1-5H,16H2,(H,18,19). The Labute approximate surface area is 124 Å². The number of pyridine rings is 1. The Morgan fingerprint density at radius 1 is 1.16 bits per heavy atom. The van der Waals surface area contributed by atoms with Gasteiger partial charge in [-0.2, -0.15) is 0 Å². The number of carbonyl (C=O) groups excluding carboxylic acids is 1. The molecule has 0 radical (unpaired) electrons. The summed E-state index contributed by atoms with van der Waals surface area (Å²) in [5, 5.41) is 3.59. The van der Waals surface area contributed by atoms with Crippen LogP contribution in [-0.4, -0.2) is 10.9 Å². The third-order valence-corrected chi connectivity index (χ3v) is 3.27. The molecule has 0 aliphatic carbocycles. The molecule has 1 heterocycles. The Morgan fingerprint density at radius 3 is 2.58 bits per heavy atom. The zero-order valence-electron chi connectivity index (χ0n) is 9.45. The maximum Gasteiger partial charge on any atom is 0.257 e. The number of nitrogens with zero attached hydrogens (tertiary/aromatic N) is 1. The van der Waals surface area contributed by atoms with E-state index in [-0.39, 0.29) is 16.4 Å². The summed E-state index contributed by atoms with van der Waals surface area (Å²) < 4.78 is 0. The molecule has 0 unspecified atom stereocenters. The van der Waals surface area contributed by atoms with Gasteiger partial charge in [-0.05, 0) is 24.3 Å². The number of nitrogens with two attached hydrogens (primary N) is 1. The van der Waals surface area contributed by atoms with Crippen molar-refractivity contribution in [2.24, 2.45) is 0 Å². The first-order chi connectivity index (χ1) is 8.97. The first-order valence-electron chi connectivity index (χ1n) is 5.15. The Hall–Kier alpha value is -1.49. The SMILES string of the molecule is Nc1cnc(Cl)cc1C(=O)Nc1ccc(Cl)c(Cl)c1. The van der Waals surface area contributed by atoms with Gasteiger partial charge in [-0.1, -0.05) is 34.8 Å². The fourth-order valence-electron chi connectivity index (χ4n) is 1.41. The first kappa shape index (κ1) is 13.9. The molecule has 0 saturated heterocycles. The number of aromatic nitrogens is 1. The van der Waals surface area contributed by atoms with Gasteiger partial charge in [0.2, 0.25) is 0 Å². The molecule has 1 aromatic carbocycles. The quantitative estimate of drug-likeness (QED) is 0.826. The van der Waals surface area contributed by atoms with Crippen molar-refractivity contribution in [2.75, 3.05) is 11.1 Å².